The van der Waals surface area contributed by atoms with E-state index in [1.165, 1.54) is 4.57 Å². The topological polar surface area (TPSA) is 34.9 Å². The smallest absolute Gasteiger partial charge is 0.261 e. The Morgan fingerprint density at radius 3 is 2.73 bits per heavy atom. The van der Waals surface area contributed by atoms with E-state index in [4.69, 9.17) is 11.6 Å². The summed E-state index contributed by atoms with van der Waals surface area (Å²) in [6.07, 6.45) is 0. The summed E-state index contributed by atoms with van der Waals surface area (Å²) in [5.74, 6) is 0.598. The van der Waals surface area contributed by atoms with Gasteiger partial charge in [0.15, 0.2) is 0 Å². The second kappa shape index (κ2) is 3.66. The molecule has 0 spiro atoms. The second-order valence-electron chi connectivity index (χ2n) is 3.47. The molecule has 3 nitrogen and oxygen atoms in total. The van der Waals surface area contributed by atoms with Crippen molar-refractivity contribution in [3.8, 4) is 0 Å². The lowest BCUT2D eigenvalue weighted by Gasteiger charge is -2.10. The SMILES string of the molecule is CC(Cl)c1nc2ccccc2c(=O)n1C. The number of rotatable bonds is 1. The molecule has 0 N–H and O–H groups in total. The Labute approximate surface area is 92.3 Å². The minimum atomic E-state index is -0.271. The van der Waals surface area contributed by atoms with Crippen LogP contribution < -0.4 is 5.56 Å². The van der Waals surface area contributed by atoms with E-state index in [0.29, 0.717) is 16.7 Å². The number of hydrogen-bond donors (Lipinski definition) is 0. The van der Waals surface area contributed by atoms with Gasteiger partial charge in [0.25, 0.3) is 5.56 Å². The highest BCUT2D eigenvalue weighted by Gasteiger charge is 2.11. The molecule has 1 unspecified atom stereocenters. The maximum absolute atomic E-state index is 11.9. The first-order valence-electron chi connectivity index (χ1n) is 4.71. The number of para-hydroxylation sites is 1. The minimum Gasteiger partial charge on any atom is -0.298 e. The molecular weight excluding hydrogens is 212 g/mol. The van der Waals surface area contributed by atoms with Crippen LogP contribution in [0.15, 0.2) is 29.1 Å². The van der Waals surface area contributed by atoms with Crippen LogP contribution in [-0.4, -0.2) is 9.55 Å². The minimum absolute atomic E-state index is 0.0527. The standard InChI is InChI=1S/C11H11ClN2O/c1-7(12)10-13-9-6-4-3-5-8(9)11(15)14(10)2/h3-7H,1-2H3. The third-order valence-corrected chi connectivity index (χ3v) is 2.57. The predicted octanol–water partition coefficient (Wildman–Crippen LogP) is 2.23. The number of fused-ring (bicyclic) bond motifs is 1. The average molecular weight is 223 g/mol. The lowest BCUT2D eigenvalue weighted by molar-refractivity contribution is 0.740. The molecule has 2 aromatic rings. The third kappa shape index (κ3) is 1.63. The quantitative estimate of drug-likeness (QED) is 0.694. The fourth-order valence-corrected chi connectivity index (χ4v) is 1.79. The van der Waals surface area contributed by atoms with Gasteiger partial charge in [0.1, 0.15) is 5.82 Å². The first kappa shape index (κ1) is 10.2. The Morgan fingerprint density at radius 2 is 2.07 bits per heavy atom. The fourth-order valence-electron chi connectivity index (χ4n) is 1.59. The number of aromatic nitrogens is 2. The molecule has 0 aliphatic heterocycles. The second-order valence-corrected chi connectivity index (χ2v) is 4.12. The van der Waals surface area contributed by atoms with E-state index >= 15 is 0 Å². The van der Waals surface area contributed by atoms with Gasteiger partial charge in [-0.2, -0.15) is 0 Å². The zero-order valence-corrected chi connectivity index (χ0v) is 9.32. The van der Waals surface area contributed by atoms with E-state index in [1.54, 1.807) is 20.0 Å². The molecule has 0 aliphatic carbocycles. The molecule has 4 heteroatoms. The van der Waals surface area contributed by atoms with E-state index in [-0.39, 0.29) is 10.9 Å². The van der Waals surface area contributed by atoms with Crippen molar-refractivity contribution >= 4 is 22.5 Å². The number of hydrogen-bond acceptors (Lipinski definition) is 2. The van der Waals surface area contributed by atoms with E-state index < -0.39 is 0 Å². The number of nitrogens with zero attached hydrogens (tertiary/aromatic N) is 2. The Balaban J connectivity index is 2.89. The van der Waals surface area contributed by atoms with Gasteiger partial charge >= 0.3 is 0 Å². The molecule has 0 radical (unpaired) electrons. The van der Waals surface area contributed by atoms with Crippen LogP contribution in [-0.2, 0) is 7.05 Å². The maximum Gasteiger partial charge on any atom is 0.261 e. The zero-order chi connectivity index (χ0) is 11.0. The molecule has 1 aromatic heterocycles. The number of halogens is 1. The Morgan fingerprint density at radius 1 is 1.40 bits per heavy atom. The summed E-state index contributed by atoms with van der Waals surface area (Å²) in [5, 5.41) is 0.355. The van der Waals surface area contributed by atoms with Gasteiger partial charge in [-0.25, -0.2) is 4.98 Å². The summed E-state index contributed by atoms with van der Waals surface area (Å²) in [6.45, 7) is 1.80. The van der Waals surface area contributed by atoms with E-state index in [2.05, 4.69) is 4.98 Å². The summed E-state index contributed by atoms with van der Waals surface area (Å²) in [4.78, 5) is 16.3. The van der Waals surface area contributed by atoms with Crippen molar-refractivity contribution in [3.63, 3.8) is 0 Å². The van der Waals surface area contributed by atoms with Crippen LogP contribution in [0.25, 0.3) is 10.9 Å². The lowest BCUT2D eigenvalue weighted by Crippen LogP contribution is -2.22. The van der Waals surface area contributed by atoms with Crippen molar-refractivity contribution < 1.29 is 0 Å². The Hall–Kier alpha value is -1.35. The Bertz CT molecular complexity index is 560. The summed E-state index contributed by atoms with van der Waals surface area (Å²) in [7, 11) is 1.69. The third-order valence-electron chi connectivity index (χ3n) is 2.37. The molecule has 1 atom stereocenters. The van der Waals surface area contributed by atoms with Crippen LogP contribution in [0.4, 0.5) is 0 Å². The summed E-state index contributed by atoms with van der Waals surface area (Å²) in [5.41, 5.74) is 0.645. The fraction of sp³-hybridized carbons (Fsp3) is 0.273. The molecule has 1 heterocycles. The zero-order valence-electron chi connectivity index (χ0n) is 8.57. The highest BCUT2D eigenvalue weighted by Crippen LogP contribution is 2.17. The van der Waals surface area contributed by atoms with Gasteiger partial charge in [-0.05, 0) is 19.1 Å². The molecule has 78 valence electrons. The summed E-state index contributed by atoms with van der Waals surface area (Å²) >= 11 is 5.96. The van der Waals surface area contributed by atoms with Crippen molar-refractivity contribution in [1.29, 1.82) is 0 Å². The van der Waals surface area contributed by atoms with E-state index in [0.717, 1.165) is 0 Å². The van der Waals surface area contributed by atoms with Gasteiger partial charge in [-0.1, -0.05) is 12.1 Å². The van der Waals surface area contributed by atoms with Crippen molar-refractivity contribution in [2.24, 2.45) is 7.05 Å². The van der Waals surface area contributed by atoms with Gasteiger partial charge in [0, 0.05) is 7.05 Å². The highest BCUT2D eigenvalue weighted by molar-refractivity contribution is 6.20. The van der Waals surface area contributed by atoms with Gasteiger partial charge < -0.3 is 0 Å². The number of alkyl halides is 1. The lowest BCUT2D eigenvalue weighted by atomic mass is 10.2. The molecular formula is C11H11ClN2O. The number of benzene rings is 1. The highest BCUT2D eigenvalue weighted by atomic mass is 35.5. The van der Waals surface area contributed by atoms with Crippen LogP contribution in [0, 0.1) is 0 Å². The maximum atomic E-state index is 11.9. The van der Waals surface area contributed by atoms with Crippen molar-refractivity contribution in [2.75, 3.05) is 0 Å². The van der Waals surface area contributed by atoms with Gasteiger partial charge in [-0.3, -0.25) is 9.36 Å². The molecule has 0 aliphatic rings. The van der Waals surface area contributed by atoms with Gasteiger partial charge in [-0.15, -0.1) is 11.6 Å². The first-order chi connectivity index (χ1) is 7.11. The van der Waals surface area contributed by atoms with E-state index in [9.17, 15) is 4.79 Å². The average Bonchev–Trinajstić information content (AvgIpc) is 2.23. The molecule has 0 bridgehead atoms. The van der Waals surface area contributed by atoms with Crippen molar-refractivity contribution in [3.05, 3.63) is 40.4 Å². The Kier molecular flexibility index (Phi) is 2.49. The molecule has 0 fully saturated rings. The van der Waals surface area contributed by atoms with Crippen molar-refractivity contribution in [2.45, 2.75) is 12.3 Å². The van der Waals surface area contributed by atoms with Crippen LogP contribution in [0.3, 0.4) is 0 Å². The monoisotopic (exact) mass is 222 g/mol. The van der Waals surface area contributed by atoms with Crippen LogP contribution >= 0.6 is 11.6 Å². The van der Waals surface area contributed by atoms with Crippen molar-refractivity contribution in [1.82, 2.24) is 9.55 Å². The molecule has 0 saturated heterocycles. The van der Waals surface area contributed by atoms with Crippen LogP contribution in [0.5, 0.6) is 0 Å². The molecule has 15 heavy (non-hydrogen) atoms. The summed E-state index contributed by atoms with van der Waals surface area (Å²) in [6, 6.07) is 7.28. The molecule has 1 aromatic carbocycles. The summed E-state index contributed by atoms with van der Waals surface area (Å²) < 4.78 is 1.50. The largest absolute Gasteiger partial charge is 0.298 e. The molecule has 0 saturated carbocycles. The van der Waals surface area contributed by atoms with Gasteiger partial charge in [0.05, 0.1) is 16.3 Å². The van der Waals surface area contributed by atoms with Gasteiger partial charge in [0.2, 0.25) is 0 Å². The normalized spacial score (nSPS) is 13.0. The van der Waals surface area contributed by atoms with Crippen LogP contribution in [0.1, 0.15) is 18.1 Å². The molecule has 2 rings (SSSR count). The molecule has 0 amide bonds. The predicted molar refractivity (Wildman–Crippen MR) is 61.3 cm³/mol. The van der Waals surface area contributed by atoms with E-state index in [1.807, 2.05) is 18.2 Å². The van der Waals surface area contributed by atoms with Crippen LogP contribution in [0.2, 0.25) is 0 Å². The first-order valence-corrected chi connectivity index (χ1v) is 5.14.